The molecule has 2 aromatic rings. The maximum atomic E-state index is 13.1. The maximum Gasteiger partial charge on any atom is 0.408 e. The first-order valence-electron chi connectivity index (χ1n) is 13.8. The normalized spacial score (nSPS) is 12.6. The molecule has 10 heteroatoms. The van der Waals surface area contributed by atoms with Gasteiger partial charge in [-0.05, 0) is 57.7 Å². The molecule has 2 aromatic carbocycles. The van der Waals surface area contributed by atoms with Gasteiger partial charge < -0.3 is 26.0 Å². The summed E-state index contributed by atoms with van der Waals surface area (Å²) < 4.78 is 5.28. The van der Waals surface area contributed by atoms with E-state index in [0.29, 0.717) is 17.5 Å². The Kier molecular flexibility index (Phi) is 12.5. The Morgan fingerprint density at radius 2 is 1.29 bits per heavy atom. The first-order chi connectivity index (χ1) is 19.2. The van der Waals surface area contributed by atoms with E-state index >= 15 is 0 Å². The largest absolute Gasteiger partial charge is 0.444 e. The zero-order valence-electron chi connectivity index (χ0n) is 24.7. The van der Waals surface area contributed by atoms with Crippen LogP contribution in [0.2, 0.25) is 0 Å². The number of rotatable bonds is 13. The molecule has 0 aliphatic heterocycles. The predicted octanol–water partition coefficient (Wildman–Crippen LogP) is 3.40. The second kappa shape index (κ2) is 15.5. The van der Waals surface area contributed by atoms with Gasteiger partial charge in [0, 0.05) is 30.6 Å². The fourth-order valence-electron chi connectivity index (χ4n) is 3.93. The van der Waals surface area contributed by atoms with Crippen molar-refractivity contribution in [2.24, 2.45) is 5.92 Å². The molecule has 222 valence electrons. The Labute approximate surface area is 242 Å². The minimum Gasteiger partial charge on any atom is -0.444 e. The van der Waals surface area contributed by atoms with Crippen LogP contribution in [0.15, 0.2) is 54.6 Å². The number of carbonyl (C=O) groups excluding carboxylic acids is 5. The summed E-state index contributed by atoms with van der Waals surface area (Å²) in [6, 6.07) is 13.8. The Bertz CT molecular complexity index is 1190. The number of ether oxygens (including phenoxy) is 1. The fraction of sp³-hybridized carbons (Fsp3) is 0.452. The van der Waals surface area contributed by atoms with E-state index in [4.69, 9.17) is 4.74 Å². The van der Waals surface area contributed by atoms with Gasteiger partial charge in [-0.1, -0.05) is 56.3 Å². The van der Waals surface area contributed by atoms with Gasteiger partial charge in [0.2, 0.25) is 11.8 Å². The van der Waals surface area contributed by atoms with Gasteiger partial charge in [0.05, 0.1) is 0 Å². The minimum absolute atomic E-state index is 0.110. The summed E-state index contributed by atoms with van der Waals surface area (Å²) in [5.41, 5.74) is 0.968. The van der Waals surface area contributed by atoms with Crippen molar-refractivity contribution in [3.63, 3.8) is 0 Å². The molecule has 2 unspecified atom stereocenters. The van der Waals surface area contributed by atoms with Crippen LogP contribution < -0.4 is 21.3 Å². The highest BCUT2D eigenvalue weighted by Crippen LogP contribution is 2.10. The van der Waals surface area contributed by atoms with E-state index in [9.17, 15) is 24.0 Å². The lowest BCUT2D eigenvalue weighted by Crippen LogP contribution is -2.51. The number of nitrogens with one attached hydrogen (secondary N) is 4. The summed E-state index contributed by atoms with van der Waals surface area (Å²) >= 11 is 0. The Hall–Kier alpha value is -4.21. The van der Waals surface area contributed by atoms with E-state index in [0.717, 1.165) is 5.56 Å². The van der Waals surface area contributed by atoms with Crippen LogP contribution >= 0.6 is 0 Å². The Balaban J connectivity index is 1.99. The average Bonchev–Trinajstić information content (AvgIpc) is 2.89. The van der Waals surface area contributed by atoms with Crippen molar-refractivity contribution in [1.29, 1.82) is 0 Å². The van der Waals surface area contributed by atoms with Crippen LogP contribution in [0, 0.1) is 5.92 Å². The third-order valence-electron chi connectivity index (χ3n) is 5.90. The zero-order chi connectivity index (χ0) is 30.6. The van der Waals surface area contributed by atoms with E-state index in [1.54, 1.807) is 32.9 Å². The Morgan fingerprint density at radius 3 is 1.80 bits per heavy atom. The van der Waals surface area contributed by atoms with E-state index in [-0.39, 0.29) is 37.1 Å². The molecule has 4 N–H and O–H groups in total. The van der Waals surface area contributed by atoms with Crippen LogP contribution in [0.4, 0.5) is 4.79 Å². The van der Waals surface area contributed by atoms with Gasteiger partial charge in [0.1, 0.15) is 17.7 Å². The van der Waals surface area contributed by atoms with Crippen molar-refractivity contribution < 1.29 is 28.7 Å². The highest BCUT2D eigenvalue weighted by molar-refractivity contribution is 5.99. The van der Waals surface area contributed by atoms with Crippen LogP contribution in [0.5, 0.6) is 0 Å². The molecule has 0 bridgehead atoms. The molecule has 0 saturated heterocycles. The SMILES string of the molecule is CC(=O)c1ccc(C(=O)NC(Cc2ccccc2)C(=O)NCCNC(=O)C(CC(C)C)NC(=O)OC(C)(C)C)cc1. The molecule has 2 atom stereocenters. The number of amides is 4. The molecule has 0 saturated carbocycles. The van der Waals surface area contributed by atoms with Crippen molar-refractivity contribution in [1.82, 2.24) is 21.3 Å². The van der Waals surface area contributed by atoms with Gasteiger partial charge in [-0.3, -0.25) is 19.2 Å². The molecule has 0 spiro atoms. The summed E-state index contributed by atoms with van der Waals surface area (Å²) in [6.45, 7) is 10.8. The molecule has 0 radical (unpaired) electrons. The minimum atomic E-state index is -0.879. The first-order valence-corrected chi connectivity index (χ1v) is 13.8. The lowest BCUT2D eigenvalue weighted by molar-refractivity contribution is -0.125. The van der Waals surface area contributed by atoms with Crippen molar-refractivity contribution in [3.05, 3.63) is 71.3 Å². The number of hydrogen-bond donors (Lipinski definition) is 4. The van der Waals surface area contributed by atoms with Gasteiger partial charge in [-0.2, -0.15) is 0 Å². The summed E-state index contributed by atoms with van der Waals surface area (Å²) in [6.07, 6.45) is -0.00944. The number of alkyl carbamates (subject to hydrolysis) is 1. The third-order valence-corrected chi connectivity index (χ3v) is 5.90. The number of hydrogen-bond acceptors (Lipinski definition) is 6. The van der Waals surface area contributed by atoms with E-state index in [2.05, 4.69) is 21.3 Å². The first kappa shape index (κ1) is 33.0. The standard InChI is InChI=1S/C31H42N4O6/c1-20(2)18-25(35-30(40)41-31(4,5)6)28(38)32-16-17-33-29(39)26(19-22-10-8-7-9-11-22)34-27(37)24-14-12-23(13-15-24)21(3)36/h7-15,20,25-26H,16-19H2,1-6H3,(H,32,38)(H,33,39)(H,34,37)(H,35,40). The second-order valence-corrected chi connectivity index (χ2v) is 11.3. The summed E-state index contributed by atoms with van der Waals surface area (Å²) in [5, 5.41) is 10.9. The summed E-state index contributed by atoms with van der Waals surface area (Å²) in [5.74, 6) is -1.22. The molecule has 4 amide bonds. The molecule has 0 heterocycles. The van der Waals surface area contributed by atoms with Crippen LogP contribution in [-0.4, -0.2) is 60.4 Å². The number of benzene rings is 2. The molecule has 10 nitrogen and oxygen atoms in total. The smallest absolute Gasteiger partial charge is 0.408 e. The van der Waals surface area contributed by atoms with Crippen LogP contribution in [0.25, 0.3) is 0 Å². The molecular formula is C31H42N4O6. The average molecular weight is 567 g/mol. The number of carbonyl (C=O) groups is 5. The van der Waals surface area contributed by atoms with Crippen LogP contribution in [-0.2, 0) is 20.7 Å². The second-order valence-electron chi connectivity index (χ2n) is 11.3. The van der Waals surface area contributed by atoms with Gasteiger partial charge in [0.25, 0.3) is 5.91 Å². The number of Topliss-reactive ketones (excluding diaryl/α,β-unsaturated/α-hetero) is 1. The predicted molar refractivity (Wildman–Crippen MR) is 156 cm³/mol. The highest BCUT2D eigenvalue weighted by Gasteiger charge is 2.26. The van der Waals surface area contributed by atoms with E-state index < -0.39 is 35.6 Å². The van der Waals surface area contributed by atoms with Crippen LogP contribution in [0.1, 0.15) is 74.2 Å². The molecule has 0 aliphatic carbocycles. The molecular weight excluding hydrogens is 524 g/mol. The topological polar surface area (TPSA) is 143 Å². The fourth-order valence-corrected chi connectivity index (χ4v) is 3.93. The molecule has 0 fully saturated rings. The van der Waals surface area contributed by atoms with E-state index in [1.165, 1.54) is 19.1 Å². The van der Waals surface area contributed by atoms with Crippen molar-refractivity contribution >= 4 is 29.6 Å². The quantitative estimate of drug-likeness (QED) is 0.216. The lowest BCUT2D eigenvalue weighted by Gasteiger charge is -2.24. The van der Waals surface area contributed by atoms with E-state index in [1.807, 2.05) is 44.2 Å². The van der Waals surface area contributed by atoms with Gasteiger partial charge >= 0.3 is 6.09 Å². The van der Waals surface area contributed by atoms with Crippen molar-refractivity contribution in [3.8, 4) is 0 Å². The molecule has 41 heavy (non-hydrogen) atoms. The summed E-state index contributed by atoms with van der Waals surface area (Å²) in [7, 11) is 0. The monoisotopic (exact) mass is 566 g/mol. The lowest BCUT2D eigenvalue weighted by atomic mass is 10.0. The zero-order valence-corrected chi connectivity index (χ0v) is 24.7. The van der Waals surface area contributed by atoms with Crippen LogP contribution in [0.3, 0.4) is 0 Å². The Morgan fingerprint density at radius 1 is 0.756 bits per heavy atom. The molecule has 0 aliphatic rings. The van der Waals surface area contributed by atoms with Gasteiger partial charge in [-0.25, -0.2) is 4.79 Å². The molecule has 2 rings (SSSR count). The van der Waals surface area contributed by atoms with Crippen molar-refractivity contribution in [2.75, 3.05) is 13.1 Å². The maximum absolute atomic E-state index is 13.1. The van der Waals surface area contributed by atoms with Crippen molar-refractivity contribution in [2.45, 2.75) is 72.1 Å². The van der Waals surface area contributed by atoms with Gasteiger partial charge in [-0.15, -0.1) is 0 Å². The third kappa shape index (κ3) is 12.2. The molecule has 0 aromatic heterocycles. The summed E-state index contributed by atoms with van der Waals surface area (Å²) in [4.78, 5) is 62.6. The number of ketones is 1. The van der Waals surface area contributed by atoms with Gasteiger partial charge in [0.15, 0.2) is 5.78 Å². The highest BCUT2D eigenvalue weighted by atomic mass is 16.6.